The van der Waals surface area contributed by atoms with Crippen molar-refractivity contribution in [2.45, 2.75) is 18.2 Å². The molecule has 1 rings (SSSR count). The van der Waals surface area contributed by atoms with E-state index in [1.54, 1.807) is 6.92 Å². The van der Waals surface area contributed by atoms with Crippen molar-refractivity contribution in [3.8, 4) is 0 Å². The molecule has 0 bridgehead atoms. The Morgan fingerprint density at radius 2 is 2.06 bits per heavy atom. The maximum absolute atomic E-state index is 11.9. The second-order valence-corrected chi connectivity index (χ2v) is 5.00. The van der Waals surface area contributed by atoms with Crippen LogP contribution in [0.5, 0.6) is 0 Å². The Morgan fingerprint density at radius 1 is 1.44 bits per heavy atom. The van der Waals surface area contributed by atoms with Gasteiger partial charge in [-0.05, 0) is 30.7 Å². The molecule has 0 unspecified atom stereocenters. The number of aryl methyl sites for hydroxylation is 1. The summed E-state index contributed by atoms with van der Waals surface area (Å²) in [7, 11) is -3.89. The summed E-state index contributed by atoms with van der Waals surface area (Å²) in [6.07, 6.45) is -2.72. The first-order valence-electron chi connectivity index (χ1n) is 4.47. The Hall–Kier alpha value is -1.21. The Labute approximate surface area is 92.5 Å². The van der Waals surface area contributed by atoms with Gasteiger partial charge in [-0.1, -0.05) is 0 Å². The second-order valence-electron chi connectivity index (χ2n) is 3.27. The predicted octanol–water partition coefficient (Wildman–Crippen LogP) is 1.12. The maximum atomic E-state index is 11.9. The van der Waals surface area contributed by atoms with Crippen molar-refractivity contribution >= 4 is 15.7 Å². The van der Waals surface area contributed by atoms with E-state index in [2.05, 4.69) is 0 Å². The van der Waals surface area contributed by atoms with Gasteiger partial charge in [-0.15, -0.1) is 0 Å². The van der Waals surface area contributed by atoms with Crippen LogP contribution in [0.3, 0.4) is 0 Å². The van der Waals surface area contributed by atoms with Crippen LogP contribution in [0.1, 0.15) is 5.56 Å². The van der Waals surface area contributed by atoms with Crippen LogP contribution < -0.4 is 10.5 Å². The van der Waals surface area contributed by atoms with E-state index >= 15 is 0 Å². The number of anilines is 1. The number of sulfonamides is 1. The highest BCUT2D eigenvalue weighted by Crippen LogP contribution is 2.17. The molecule has 90 valence electrons. The van der Waals surface area contributed by atoms with Gasteiger partial charge in [0.2, 0.25) is 10.0 Å². The molecule has 0 aromatic heterocycles. The van der Waals surface area contributed by atoms with Crippen molar-refractivity contribution in [1.82, 2.24) is 4.72 Å². The van der Waals surface area contributed by atoms with Gasteiger partial charge in [0.1, 0.15) is 0 Å². The zero-order valence-corrected chi connectivity index (χ0v) is 9.39. The number of hydrogen-bond donors (Lipinski definition) is 2. The number of benzene rings is 1. The van der Waals surface area contributed by atoms with E-state index in [1.165, 1.54) is 18.2 Å². The zero-order chi connectivity index (χ0) is 12.3. The Balaban J connectivity index is 2.99. The topological polar surface area (TPSA) is 72.2 Å². The molecular weight excluding hydrogens is 238 g/mol. The Morgan fingerprint density at radius 3 is 2.56 bits per heavy atom. The molecule has 0 radical (unpaired) electrons. The first-order valence-corrected chi connectivity index (χ1v) is 5.95. The molecule has 4 nitrogen and oxygen atoms in total. The standard InChI is InChI=1S/C9H12F2N2O2S/c1-6-4-7(12)2-3-8(6)16(14,15)13-5-9(10)11/h2-4,9,13H,5,12H2,1H3. The van der Waals surface area contributed by atoms with Gasteiger partial charge in [-0.25, -0.2) is 21.9 Å². The highest BCUT2D eigenvalue weighted by atomic mass is 32.2. The third kappa shape index (κ3) is 3.14. The SMILES string of the molecule is Cc1cc(N)ccc1S(=O)(=O)NCC(F)F. The van der Waals surface area contributed by atoms with Crippen LogP contribution in [0.4, 0.5) is 14.5 Å². The fourth-order valence-electron chi connectivity index (χ4n) is 1.22. The quantitative estimate of drug-likeness (QED) is 0.786. The predicted molar refractivity (Wildman–Crippen MR) is 56.8 cm³/mol. The van der Waals surface area contributed by atoms with Crippen LogP contribution in [-0.2, 0) is 10.0 Å². The number of rotatable bonds is 4. The second kappa shape index (κ2) is 4.75. The molecule has 16 heavy (non-hydrogen) atoms. The van der Waals surface area contributed by atoms with Gasteiger partial charge in [0, 0.05) is 5.69 Å². The molecule has 0 saturated heterocycles. The maximum Gasteiger partial charge on any atom is 0.251 e. The van der Waals surface area contributed by atoms with Gasteiger partial charge in [-0.3, -0.25) is 0 Å². The van der Waals surface area contributed by atoms with Gasteiger partial charge in [0.15, 0.2) is 0 Å². The lowest BCUT2D eigenvalue weighted by molar-refractivity contribution is 0.153. The Bertz CT molecular complexity index is 474. The summed E-state index contributed by atoms with van der Waals surface area (Å²) in [5, 5.41) is 0. The van der Waals surface area contributed by atoms with Crippen LogP contribution in [0.15, 0.2) is 23.1 Å². The van der Waals surface area contributed by atoms with Gasteiger partial charge < -0.3 is 5.73 Å². The smallest absolute Gasteiger partial charge is 0.251 e. The molecule has 3 N–H and O–H groups in total. The van der Waals surface area contributed by atoms with Gasteiger partial charge in [0.05, 0.1) is 11.4 Å². The molecule has 0 amide bonds. The van der Waals surface area contributed by atoms with Gasteiger partial charge in [0.25, 0.3) is 6.43 Å². The van der Waals surface area contributed by atoms with E-state index in [9.17, 15) is 17.2 Å². The van der Waals surface area contributed by atoms with Crippen LogP contribution in [0.2, 0.25) is 0 Å². The Kier molecular flexibility index (Phi) is 3.82. The summed E-state index contributed by atoms with van der Waals surface area (Å²) in [6, 6.07) is 4.17. The lowest BCUT2D eigenvalue weighted by atomic mass is 10.2. The monoisotopic (exact) mass is 250 g/mol. The molecule has 0 fully saturated rings. The van der Waals surface area contributed by atoms with E-state index < -0.39 is 23.0 Å². The van der Waals surface area contributed by atoms with Crippen LogP contribution in [0, 0.1) is 6.92 Å². The minimum atomic E-state index is -3.89. The average molecular weight is 250 g/mol. The van der Waals surface area contributed by atoms with Crippen molar-refractivity contribution < 1.29 is 17.2 Å². The first kappa shape index (κ1) is 12.9. The molecule has 7 heteroatoms. The number of halogens is 2. The molecule has 0 aliphatic carbocycles. The summed E-state index contributed by atoms with van der Waals surface area (Å²) in [4.78, 5) is -0.0395. The number of nitrogen functional groups attached to an aromatic ring is 1. The van der Waals surface area contributed by atoms with E-state index in [0.29, 0.717) is 11.3 Å². The lowest BCUT2D eigenvalue weighted by Crippen LogP contribution is -2.29. The summed E-state index contributed by atoms with van der Waals surface area (Å²) in [5.41, 5.74) is 6.30. The van der Waals surface area contributed by atoms with E-state index in [0.717, 1.165) is 0 Å². The van der Waals surface area contributed by atoms with Crippen molar-refractivity contribution in [2.75, 3.05) is 12.3 Å². The molecule has 1 aromatic rings. The summed E-state index contributed by atoms with van der Waals surface area (Å²) < 4.78 is 48.8. The minimum Gasteiger partial charge on any atom is -0.399 e. The van der Waals surface area contributed by atoms with Crippen molar-refractivity contribution in [1.29, 1.82) is 0 Å². The zero-order valence-electron chi connectivity index (χ0n) is 8.57. The summed E-state index contributed by atoms with van der Waals surface area (Å²) in [6.45, 7) is 0.652. The molecule has 0 saturated carbocycles. The molecule has 0 spiro atoms. The van der Waals surface area contributed by atoms with E-state index in [4.69, 9.17) is 5.73 Å². The summed E-state index contributed by atoms with van der Waals surface area (Å²) in [5.74, 6) is 0. The minimum absolute atomic E-state index is 0.0395. The number of nitrogens with one attached hydrogen (secondary N) is 1. The number of nitrogens with two attached hydrogens (primary N) is 1. The van der Waals surface area contributed by atoms with E-state index in [-0.39, 0.29) is 4.90 Å². The molecule has 0 aliphatic heterocycles. The number of alkyl halides is 2. The summed E-state index contributed by atoms with van der Waals surface area (Å²) >= 11 is 0. The average Bonchev–Trinajstić information content (AvgIpc) is 2.14. The normalized spacial score (nSPS) is 12.0. The third-order valence-corrected chi connectivity index (χ3v) is 3.50. The van der Waals surface area contributed by atoms with Gasteiger partial charge >= 0.3 is 0 Å². The lowest BCUT2D eigenvalue weighted by Gasteiger charge is -2.09. The highest BCUT2D eigenvalue weighted by Gasteiger charge is 2.18. The highest BCUT2D eigenvalue weighted by molar-refractivity contribution is 7.89. The van der Waals surface area contributed by atoms with Crippen molar-refractivity contribution in [2.24, 2.45) is 0 Å². The molecule has 0 aliphatic rings. The fraction of sp³-hybridized carbons (Fsp3) is 0.333. The van der Waals surface area contributed by atoms with Crippen LogP contribution >= 0.6 is 0 Å². The third-order valence-electron chi connectivity index (χ3n) is 1.92. The molecule has 0 heterocycles. The van der Waals surface area contributed by atoms with Gasteiger partial charge in [-0.2, -0.15) is 0 Å². The molecule has 0 atom stereocenters. The van der Waals surface area contributed by atoms with Crippen LogP contribution in [-0.4, -0.2) is 21.4 Å². The molecular formula is C9H12F2N2O2S. The van der Waals surface area contributed by atoms with Crippen LogP contribution in [0.25, 0.3) is 0 Å². The largest absolute Gasteiger partial charge is 0.399 e. The van der Waals surface area contributed by atoms with Crippen molar-refractivity contribution in [3.05, 3.63) is 23.8 Å². The number of hydrogen-bond acceptors (Lipinski definition) is 3. The fourth-order valence-corrected chi connectivity index (χ4v) is 2.46. The first-order chi connectivity index (χ1) is 7.33. The van der Waals surface area contributed by atoms with E-state index in [1.807, 2.05) is 4.72 Å². The molecule has 1 aromatic carbocycles. The van der Waals surface area contributed by atoms with Crippen molar-refractivity contribution in [3.63, 3.8) is 0 Å².